The summed E-state index contributed by atoms with van der Waals surface area (Å²) in [5.74, 6) is 0.200. The number of aryl methyl sites for hydroxylation is 1. The van der Waals surface area contributed by atoms with Gasteiger partial charge in [0.15, 0.2) is 5.82 Å². The maximum atomic E-state index is 12.5. The zero-order chi connectivity index (χ0) is 22.7. The maximum absolute atomic E-state index is 12.5. The average Bonchev–Trinajstić information content (AvgIpc) is 3.15. The van der Waals surface area contributed by atoms with Crippen molar-refractivity contribution in [2.45, 2.75) is 13.8 Å². The second-order valence-corrected chi connectivity index (χ2v) is 6.90. The van der Waals surface area contributed by atoms with Crippen LogP contribution in [0, 0.1) is 6.92 Å². The number of amides is 2. The van der Waals surface area contributed by atoms with Crippen molar-refractivity contribution >= 4 is 34.8 Å². The number of benzene rings is 1. The first kappa shape index (κ1) is 20.8. The lowest BCUT2D eigenvalue weighted by Gasteiger charge is -2.09. The third-order valence-corrected chi connectivity index (χ3v) is 4.66. The number of fused-ring (bicyclic) bond motifs is 1. The van der Waals surface area contributed by atoms with Crippen LogP contribution in [0.4, 0.5) is 22.1 Å². The van der Waals surface area contributed by atoms with Crippen LogP contribution < -0.4 is 16.4 Å². The Morgan fingerprint density at radius 3 is 2.62 bits per heavy atom. The SMILES string of the molecule is CCOC(=O)c1cn2ncnc(N)c2c1-c1ccc(NC(=O)Nc2cccc(C)n2)cc1. The third kappa shape index (κ3) is 4.19. The number of anilines is 3. The Hall–Kier alpha value is -4.47. The normalized spacial score (nSPS) is 10.7. The molecule has 0 aliphatic rings. The first-order chi connectivity index (χ1) is 15.5. The van der Waals surface area contributed by atoms with Crippen LogP contribution >= 0.6 is 0 Å². The van der Waals surface area contributed by atoms with Gasteiger partial charge in [-0.3, -0.25) is 5.32 Å². The number of nitrogens with zero attached hydrogens (tertiary/aromatic N) is 4. The minimum absolute atomic E-state index is 0.234. The lowest BCUT2D eigenvalue weighted by molar-refractivity contribution is 0.0527. The fourth-order valence-electron chi connectivity index (χ4n) is 3.30. The minimum atomic E-state index is -0.486. The molecule has 4 aromatic rings. The summed E-state index contributed by atoms with van der Waals surface area (Å²) in [5.41, 5.74) is 9.50. The molecule has 4 N–H and O–H groups in total. The van der Waals surface area contributed by atoms with Crippen LogP contribution in [0.2, 0.25) is 0 Å². The number of carbonyl (C=O) groups excluding carboxylic acids is 2. The highest BCUT2D eigenvalue weighted by atomic mass is 16.5. The van der Waals surface area contributed by atoms with Gasteiger partial charge in [-0.1, -0.05) is 18.2 Å². The molecule has 32 heavy (non-hydrogen) atoms. The van der Waals surface area contributed by atoms with Crippen LogP contribution in [0.25, 0.3) is 16.6 Å². The predicted octanol–water partition coefficient (Wildman–Crippen LogP) is 3.50. The van der Waals surface area contributed by atoms with Gasteiger partial charge < -0.3 is 15.8 Å². The molecule has 0 saturated carbocycles. The van der Waals surface area contributed by atoms with Gasteiger partial charge in [-0.05, 0) is 43.7 Å². The molecule has 0 aliphatic carbocycles. The Morgan fingerprint density at radius 1 is 1.12 bits per heavy atom. The van der Waals surface area contributed by atoms with E-state index in [0.29, 0.717) is 33.7 Å². The summed E-state index contributed by atoms with van der Waals surface area (Å²) in [7, 11) is 0. The number of ether oxygens (including phenoxy) is 1. The van der Waals surface area contributed by atoms with E-state index in [9.17, 15) is 9.59 Å². The van der Waals surface area contributed by atoms with Crippen molar-refractivity contribution in [3.8, 4) is 11.1 Å². The van der Waals surface area contributed by atoms with Gasteiger partial charge >= 0.3 is 12.0 Å². The second-order valence-electron chi connectivity index (χ2n) is 6.90. The van der Waals surface area contributed by atoms with Crippen molar-refractivity contribution < 1.29 is 14.3 Å². The molecule has 0 aliphatic heterocycles. The van der Waals surface area contributed by atoms with Gasteiger partial charge in [0.05, 0.1) is 12.2 Å². The summed E-state index contributed by atoms with van der Waals surface area (Å²) in [6.45, 7) is 3.81. The summed E-state index contributed by atoms with van der Waals surface area (Å²) in [5, 5.41) is 9.58. The maximum Gasteiger partial charge on any atom is 0.340 e. The molecular formula is C22H21N7O3. The van der Waals surface area contributed by atoms with Crippen LogP contribution in [0.1, 0.15) is 23.0 Å². The molecule has 0 spiro atoms. The zero-order valence-corrected chi connectivity index (χ0v) is 17.5. The van der Waals surface area contributed by atoms with Crippen LogP contribution in [-0.4, -0.2) is 38.2 Å². The Balaban J connectivity index is 1.62. The van der Waals surface area contributed by atoms with Crippen molar-refractivity contribution in [3.05, 3.63) is 66.2 Å². The number of nitrogens with one attached hydrogen (secondary N) is 2. The molecule has 4 rings (SSSR count). The van der Waals surface area contributed by atoms with Crippen LogP contribution in [0.5, 0.6) is 0 Å². The number of nitrogen functional groups attached to an aromatic ring is 1. The number of hydrogen-bond donors (Lipinski definition) is 3. The highest BCUT2D eigenvalue weighted by molar-refractivity contribution is 6.05. The molecule has 0 radical (unpaired) electrons. The number of esters is 1. The van der Waals surface area contributed by atoms with E-state index < -0.39 is 12.0 Å². The predicted molar refractivity (Wildman–Crippen MR) is 120 cm³/mol. The van der Waals surface area contributed by atoms with Gasteiger partial charge in [0.2, 0.25) is 0 Å². The Morgan fingerprint density at radius 2 is 1.91 bits per heavy atom. The van der Waals surface area contributed by atoms with E-state index in [1.54, 1.807) is 43.5 Å². The van der Waals surface area contributed by atoms with Crippen LogP contribution in [0.3, 0.4) is 0 Å². The zero-order valence-electron chi connectivity index (χ0n) is 17.5. The summed E-state index contributed by atoms with van der Waals surface area (Å²) in [6.07, 6.45) is 2.88. The molecule has 0 atom stereocenters. The van der Waals surface area contributed by atoms with Gasteiger partial charge in [-0.2, -0.15) is 5.10 Å². The van der Waals surface area contributed by atoms with E-state index in [2.05, 4.69) is 25.7 Å². The molecule has 3 heterocycles. The van der Waals surface area contributed by atoms with E-state index in [1.165, 1.54) is 10.8 Å². The summed E-state index contributed by atoms with van der Waals surface area (Å²) >= 11 is 0. The number of pyridine rings is 1. The number of urea groups is 1. The summed E-state index contributed by atoms with van der Waals surface area (Å²) in [6, 6.07) is 11.9. The average molecular weight is 431 g/mol. The largest absolute Gasteiger partial charge is 0.462 e. The summed E-state index contributed by atoms with van der Waals surface area (Å²) in [4.78, 5) is 33.1. The van der Waals surface area contributed by atoms with E-state index in [0.717, 1.165) is 5.69 Å². The van der Waals surface area contributed by atoms with Crippen molar-refractivity contribution in [3.63, 3.8) is 0 Å². The molecule has 162 valence electrons. The van der Waals surface area contributed by atoms with Crippen molar-refractivity contribution in [1.29, 1.82) is 0 Å². The van der Waals surface area contributed by atoms with Gasteiger partial charge in [0.25, 0.3) is 0 Å². The van der Waals surface area contributed by atoms with Crippen molar-refractivity contribution in [2.24, 2.45) is 0 Å². The fraction of sp³-hybridized carbons (Fsp3) is 0.136. The molecule has 0 unspecified atom stereocenters. The molecule has 3 aromatic heterocycles. The highest BCUT2D eigenvalue weighted by Crippen LogP contribution is 2.33. The molecule has 0 bridgehead atoms. The first-order valence-corrected chi connectivity index (χ1v) is 9.87. The minimum Gasteiger partial charge on any atom is -0.462 e. The number of carbonyl (C=O) groups is 2. The molecule has 0 saturated heterocycles. The van der Waals surface area contributed by atoms with Gasteiger partial charge in [0, 0.05) is 23.1 Å². The topological polar surface area (TPSA) is 137 Å². The standard InChI is InChI=1S/C22H21N7O3/c1-3-32-21(30)16-11-29-19(20(23)24-12-25-29)18(16)14-7-9-15(10-8-14)27-22(31)28-17-6-4-5-13(2)26-17/h4-12H,3H2,1-2H3,(H2,23,24,25)(H2,26,27,28,31). The second kappa shape index (κ2) is 8.72. The van der Waals surface area contributed by atoms with Crippen molar-refractivity contribution in [2.75, 3.05) is 23.0 Å². The van der Waals surface area contributed by atoms with Crippen molar-refractivity contribution in [1.82, 2.24) is 19.6 Å². The monoisotopic (exact) mass is 431 g/mol. The first-order valence-electron chi connectivity index (χ1n) is 9.87. The molecular weight excluding hydrogens is 410 g/mol. The van der Waals surface area contributed by atoms with Gasteiger partial charge in [-0.15, -0.1) is 0 Å². The molecule has 1 aromatic carbocycles. The highest BCUT2D eigenvalue weighted by Gasteiger charge is 2.22. The Bertz CT molecular complexity index is 1300. The Kier molecular flexibility index (Phi) is 5.67. The number of aromatic nitrogens is 4. The summed E-state index contributed by atoms with van der Waals surface area (Å²) < 4.78 is 6.69. The number of rotatable bonds is 5. The van der Waals surface area contributed by atoms with E-state index in [-0.39, 0.29) is 12.4 Å². The van der Waals surface area contributed by atoms with E-state index in [1.807, 2.05) is 19.1 Å². The number of nitrogens with two attached hydrogens (primary N) is 1. The van der Waals surface area contributed by atoms with E-state index in [4.69, 9.17) is 10.5 Å². The molecule has 10 nitrogen and oxygen atoms in total. The number of hydrogen-bond acceptors (Lipinski definition) is 7. The van der Waals surface area contributed by atoms with E-state index >= 15 is 0 Å². The van der Waals surface area contributed by atoms with Gasteiger partial charge in [0.1, 0.15) is 17.7 Å². The lowest BCUT2D eigenvalue weighted by atomic mass is 10.0. The third-order valence-electron chi connectivity index (χ3n) is 4.66. The molecule has 0 fully saturated rings. The molecule has 2 amide bonds. The quantitative estimate of drug-likeness (QED) is 0.411. The van der Waals surface area contributed by atoms with Crippen LogP contribution in [-0.2, 0) is 4.74 Å². The lowest BCUT2D eigenvalue weighted by Crippen LogP contribution is -2.20. The van der Waals surface area contributed by atoms with Gasteiger partial charge in [-0.25, -0.2) is 24.1 Å². The fourth-order valence-corrected chi connectivity index (χ4v) is 3.30. The molecule has 10 heteroatoms. The Labute approximate surface area is 183 Å². The van der Waals surface area contributed by atoms with Crippen LogP contribution in [0.15, 0.2) is 55.0 Å². The smallest absolute Gasteiger partial charge is 0.340 e.